The van der Waals surface area contributed by atoms with Crippen molar-refractivity contribution >= 4 is 27.5 Å². The molecule has 0 fully saturated rings. The molecule has 0 aromatic heterocycles. The van der Waals surface area contributed by atoms with Crippen LogP contribution < -0.4 is 5.14 Å². The molecule has 0 saturated carbocycles. The number of rotatable bonds is 5. The minimum Gasteiger partial charge on any atom is -0.383 e. The van der Waals surface area contributed by atoms with Crippen LogP contribution in [-0.2, 0) is 14.8 Å². The summed E-state index contributed by atoms with van der Waals surface area (Å²) in [6.45, 7) is 0.488. The Morgan fingerprint density at radius 2 is 2.10 bits per heavy atom. The van der Waals surface area contributed by atoms with Crippen molar-refractivity contribution in [2.45, 2.75) is 4.90 Å². The number of benzene rings is 1. The summed E-state index contributed by atoms with van der Waals surface area (Å²) in [5.74, 6) is -1.61. The Morgan fingerprint density at radius 3 is 2.60 bits per heavy atom. The number of primary sulfonamides is 1. The number of carbonyl (C=O) groups is 1. The van der Waals surface area contributed by atoms with Gasteiger partial charge in [0, 0.05) is 20.7 Å². The van der Waals surface area contributed by atoms with Crippen LogP contribution in [0, 0.1) is 5.82 Å². The molecule has 0 aliphatic rings. The standard InChI is InChI=1S/C11H14ClFN2O4S/c1-15(3-4-19-2)11(16)7-5-10(20(14,17)18)8(12)6-9(7)13/h5-6H,3-4H2,1-2H3,(H2,14,17,18). The molecule has 0 heterocycles. The smallest absolute Gasteiger partial charge is 0.256 e. The Labute approximate surface area is 121 Å². The Hall–Kier alpha value is -1.22. The molecule has 6 nitrogen and oxygen atoms in total. The van der Waals surface area contributed by atoms with Gasteiger partial charge < -0.3 is 9.64 Å². The van der Waals surface area contributed by atoms with Gasteiger partial charge in [-0.1, -0.05) is 11.6 Å². The van der Waals surface area contributed by atoms with Crippen LogP contribution in [0.2, 0.25) is 5.02 Å². The summed E-state index contributed by atoms with van der Waals surface area (Å²) in [6, 6.07) is 1.58. The highest BCUT2D eigenvalue weighted by Gasteiger charge is 2.22. The van der Waals surface area contributed by atoms with Gasteiger partial charge in [-0.05, 0) is 12.1 Å². The number of hydrogen-bond acceptors (Lipinski definition) is 4. The molecule has 1 aromatic rings. The highest BCUT2D eigenvalue weighted by atomic mass is 35.5. The van der Waals surface area contributed by atoms with Crippen molar-refractivity contribution < 1.29 is 22.3 Å². The van der Waals surface area contributed by atoms with E-state index in [-0.39, 0.29) is 18.2 Å². The molecule has 2 N–H and O–H groups in total. The van der Waals surface area contributed by atoms with Crippen molar-refractivity contribution in [1.29, 1.82) is 0 Å². The molecule has 0 unspecified atom stereocenters. The summed E-state index contributed by atoms with van der Waals surface area (Å²) in [6.07, 6.45) is 0. The summed E-state index contributed by atoms with van der Waals surface area (Å²) in [7, 11) is -1.25. The number of carbonyl (C=O) groups excluding carboxylic acids is 1. The van der Waals surface area contributed by atoms with E-state index < -0.39 is 32.2 Å². The summed E-state index contributed by atoms with van der Waals surface area (Å²) in [4.78, 5) is 12.7. The average molecular weight is 325 g/mol. The van der Waals surface area contributed by atoms with Crippen LogP contribution in [0.25, 0.3) is 0 Å². The Morgan fingerprint density at radius 1 is 1.50 bits per heavy atom. The van der Waals surface area contributed by atoms with E-state index in [1.807, 2.05) is 0 Å². The molecular formula is C11H14ClFN2O4S. The van der Waals surface area contributed by atoms with E-state index in [1.54, 1.807) is 0 Å². The van der Waals surface area contributed by atoms with Crippen LogP contribution in [-0.4, -0.2) is 46.5 Å². The fraction of sp³-hybridized carbons (Fsp3) is 0.364. The number of methoxy groups -OCH3 is 1. The molecule has 0 radical (unpaired) electrons. The highest BCUT2D eigenvalue weighted by Crippen LogP contribution is 2.24. The summed E-state index contributed by atoms with van der Waals surface area (Å²) >= 11 is 5.61. The number of nitrogens with two attached hydrogens (primary N) is 1. The van der Waals surface area contributed by atoms with Crippen molar-refractivity contribution in [2.24, 2.45) is 5.14 Å². The number of halogens is 2. The van der Waals surface area contributed by atoms with Gasteiger partial charge in [0.05, 0.1) is 17.2 Å². The van der Waals surface area contributed by atoms with Gasteiger partial charge in [0.25, 0.3) is 5.91 Å². The van der Waals surface area contributed by atoms with E-state index in [1.165, 1.54) is 19.1 Å². The normalized spacial score (nSPS) is 11.4. The van der Waals surface area contributed by atoms with Gasteiger partial charge in [0.15, 0.2) is 0 Å². The van der Waals surface area contributed by atoms with Crippen LogP contribution in [0.1, 0.15) is 10.4 Å². The first-order chi connectivity index (χ1) is 9.18. The van der Waals surface area contributed by atoms with Crippen molar-refractivity contribution in [3.05, 3.63) is 28.5 Å². The lowest BCUT2D eigenvalue weighted by Gasteiger charge is -2.17. The lowest BCUT2D eigenvalue weighted by molar-refractivity contribution is 0.0739. The number of hydrogen-bond donors (Lipinski definition) is 1. The van der Waals surface area contributed by atoms with E-state index in [4.69, 9.17) is 21.5 Å². The van der Waals surface area contributed by atoms with E-state index >= 15 is 0 Å². The average Bonchev–Trinajstić information content (AvgIpc) is 2.33. The van der Waals surface area contributed by atoms with Gasteiger partial charge in [-0.2, -0.15) is 0 Å². The van der Waals surface area contributed by atoms with Crippen LogP contribution in [0.4, 0.5) is 4.39 Å². The maximum absolute atomic E-state index is 13.8. The van der Waals surface area contributed by atoms with Crippen molar-refractivity contribution in [2.75, 3.05) is 27.3 Å². The topological polar surface area (TPSA) is 89.7 Å². The molecule has 112 valence electrons. The monoisotopic (exact) mass is 324 g/mol. The predicted octanol–water partition coefficient (Wildman–Crippen LogP) is 0.845. The molecule has 0 spiro atoms. The second-order valence-corrected chi connectivity index (χ2v) is 5.96. The van der Waals surface area contributed by atoms with E-state index in [0.29, 0.717) is 0 Å². The molecule has 0 aliphatic heterocycles. The van der Waals surface area contributed by atoms with E-state index in [0.717, 1.165) is 12.1 Å². The molecule has 9 heteroatoms. The number of likely N-dealkylation sites (N-methyl/N-ethyl adjacent to an activating group) is 1. The first-order valence-corrected chi connectivity index (χ1v) is 7.37. The van der Waals surface area contributed by atoms with Gasteiger partial charge >= 0.3 is 0 Å². The maximum Gasteiger partial charge on any atom is 0.256 e. The third-order valence-corrected chi connectivity index (χ3v) is 3.91. The Kier molecular flexibility index (Phi) is 5.46. The highest BCUT2D eigenvalue weighted by molar-refractivity contribution is 7.89. The van der Waals surface area contributed by atoms with Gasteiger partial charge in [0.1, 0.15) is 10.7 Å². The second kappa shape index (κ2) is 6.49. The van der Waals surface area contributed by atoms with Crippen LogP contribution in [0.3, 0.4) is 0 Å². The fourth-order valence-electron chi connectivity index (χ4n) is 1.45. The minimum atomic E-state index is -4.14. The molecule has 1 rings (SSSR count). The van der Waals surface area contributed by atoms with E-state index in [9.17, 15) is 17.6 Å². The first kappa shape index (κ1) is 16.8. The molecular weight excluding hydrogens is 311 g/mol. The van der Waals surface area contributed by atoms with Gasteiger partial charge in [-0.25, -0.2) is 17.9 Å². The largest absolute Gasteiger partial charge is 0.383 e. The Bertz CT molecular complexity index is 621. The number of amides is 1. The molecule has 0 bridgehead atoms. The summed E-state index contributed by atoms with van der Waals surface area (Å²) in [5.41, 5.74) is -0.419. The van der Waals surface area contributed by atoms with Crippen molar-refractivity contribution in [1.82, 2.24) is 4.90 Å². The first-order valence-electron chi connectivity index (χ1n) is 5.44. The quantitative estimate of drug-likeness (QED) is 0.869. The van der Waals surface area contributed by atoms with Crippen molar-refractivity contribution in [3.8, 4) is 0 Å². The maximum atomic E-state index is 13.8. The zero-order chi connectivity index (χ0) is 15.5. The zero-order valence-electron chi connectivity index (χ0n) is 10.9. The molecule has 1 amide bonds. The van der Waals surface area contributed by atoms with Gasteiger partial charge in [-0.15, -0.1) is 0 Å². The third-order valence-electron chi connectivity index (χ3n) is 2.54. The molecule has 0 saturated heterocycles. The number of sulfonamides is 1. The van der Waals surface area contributed by atoms with Gasteiger partial charge in [-0.3, -0.25) is 4.79 Å². The van der Waals surface area contributed by atoms with Crippen molar-refractivity contribution in [3.63, 3.8) is 0 Å². The Balaban J connectivity index is 3.22. The number of nitrogens with zero attached hydrogens (tertiary/aromatic N) is 1. The summed E-state index contributed by atoms with van der Waals surface area (Å²) in [5, 5.41) is 4.58. The molecule has 20 heavy (non-hydrogen) atoms. The minimum absolute atomic E-state index is 0.224. The van der Waals surface area contributed by atoms with Crippen LogP contribution in [0.15, 0.2) is 17.0 Å². The van der Waals surface area contributed by atoms with Crippen LogP contribution in [0.5, 0.6) is 0 Å². The lowest BCUT2D eigenvalue weighted by atomic mass is 10.2. The molecule has 0 aliphatic carbocycles. The number of ether oxygens (including phenoxy) is 1. The van der Waals surface area contributed by atoms with E-state index in [2.05, 4.69) is 0 Å². The molecule has 0 atom stereocenters. The van der Waals surface area contributed by atoms with Crippen LogP contribution >= 0.6 is 11.6 Å². The lowest BCUT2D eigenvalue weighted by Crippen LogP contribution is -2.31. The second-order valence-electron chi connectivity index (χ2n) is 4.03. The SMILES string of the molecule is COCCN(C)C(=O)c1cc(S(N)(=O)=O)c(Cl)cc1F. The third kappa shape index (κ3) is 3.89. The fourth-order valence-corrected chi connectivity index (χ4v) is 2.53. The molecule has 1 aromatic carbocycles. The zero-order valence-corrected chi connectivity index (χ0v) is 12.5. The van der Waals surface area contributed by atoms with Gasteiger partial charge in [0.2, 0.25) is 10.0 Å². The predicted molar refractivity (Wildman–Crippen MR) is 71.6 cm³/mol. The summed E-state index contributed by atoms with van der Waals surface area (Å²) < 4.78 is 41.2.